The third-order valence-electron chi connectivity index (χ3n) is 2.39. The summed E-state index contributed by atoms with van der Waals surface area (Å²) in [6.45, 7) is 1.74. The molecule has 1 aromatic heterocycles. The normalized spacial score (nSPS) is 10.6. The number of fused-ring (bicyclic) bond motifs is 1. The molecule has 1 aromatic carbocycles. The van der Waals surface area contributed by atoms with Crippen molar-refractivity contribution in [1.82, 2.24) is 4.98 Å². The molecule has 0 aliphatic heterocycles. The highest BCUT2D eigenvalue weighted by atomic mass is 16.6. The van der Waals surface area contributed by atoms with Crippen LogP contribution in [0.15, 0.2) is 23.0 Å². The number of aryl methyl sites for hydroxylation is 1. The second kappa shape index (κ2) is 3.34. The summed E-state index contributed by atoms with van der Waals surface area (Å²) in [6, 6.07) is 4.91. The number of para-hydroxylation sites is 1. The van der Waals surface area contributed by atoms with Crippen LogP contribution in [-0.4, -0.2) is 15.0 Å². The van der Waals surface area contributed by atoms with Crippen molar-refractivity contribution in [2.45, 2.75) is 6.92 Å². The van der Waals surface area contributed by atoms with Crippen LogP contribution in [-0.2, 0) is 0 Å². The standard InChI is InChI=1S/C10H8N2O4/c1-5-3-2-4-6-7(5)11-10(14)8(9(6)13)12(15)16/h2-4H,1H3,(H2,11,13,14). The molecule has 0 fully saturated rings. The molecular formula is C10H8N2O4. The van der Waals surface area contributed by atoms with E-state index in [9.17, 15) is 20.0 Å². The lowest BCUT2D eigenvalue weighted by molar-refractivity contribution is -0.387. The van der Waals surface area contributed by atoms with E-state index in [1.165, 1.54) is 6.07 Å². The lowest BCUT2D eigenvalue weighted by Crippen LogP contribution is -2.12. The maximum Gasteiger partial charge on any atom is 0.375 e. The third kappa shape index (κ3) is 1.31. The smallest absolute Gasteiger partial charge is 0.375 e. The number of nitro groups is 1. The Bertz CT molecular complexity index is 645. The molecule has 16 heavy (non-hydrogen) atoms. The Morgan fingerprint density at radius 2 is 2.12 bits per heavy atom. The molecule has 0 spiro atoms. The first kappa shape index (κ1) is 10.2. The highest BCUT2D eigenvalue weighted by molar-refractivity contribution is 5.90. The van der Waals surface area contributed by atoms with E-state index < -0.39 is 21.9 Å². The molecule has 0 saturated carbocycles. The molecule has 82 valence electrons. The van der Waals surface area contributed by atoms with Crippen molar-refractivity contribution in [3.8, 4) is 5.75 Å². The van der Waals surface area contributed by atoms with Crippen molar-refractivity contribution in [3.63, 3.8) is 0 Å². The molecule has 0 saturated heterocycles. The summed E-state index contributed by atoms with van der Waals surface area (Å²) in [5.74, 6) is -0.590. The van der Waals surface area contributed by atoms with Gasteiger partial charge in [0.25, 0.3) is 0 Å². The molecule has 6 nitrogen and oxygen atoms in total. The topological polar surface area (TPSA) is 96.2 Å². The summed E-state index contributed by atoms with van der Waals surface area (Å²) in [4.78, 5) is 23.5. The first-order valence-electron chi connectivity index (χ1n) is 4.51. The number of benzene rings is 1. The summed E-state index contributed by atoms with van der Waals surface area (Å²) in [7, 11) is 0. The van der Waals surface area contributed by atoms with Gasteiger partial charge in [-0.1, -0.05) is 12.1 Å². The average Bonchev–Trinajstić information content (AvgIpc) is 2.19. The summed E-state index contributed by atoms with van der Waals surface area (Å²) < 4.78 is 0. The van der Waals surface area contributed by atoms with Gasteiger partial charge < -0.3 is 10.1 Å². The summed E-state index contributed by atoms with van der Waals surface area (Å²) in [5, 5.41) is 20.5. The molecule has 2 N–H and O–H groups in total. The summed E-state index contributed by atoms with van der Waals surface area (Å²) in [5.41, 5.74) is -0.571. The number of aromatic hydroxyl groups is 1. The molecule has 6 heteroatoms. The van der Waals surface area contributed by atoms with E-state index in [0.29, 0.717) is 5.52 Å². The number of nitrogens with one attached hydrogen (secondary N) is 1. The lowest BCUT2D eigenvalue weighted by Gasteiger charge is -2.03. The number of rotatable bonds is 1. The van der Waals surface area contributed by atoms with Crippen molar-refractivity contribution in [3.05, 3.63) is 44.2 Å². The number of H-pyrrole nitrogens is 1. The maximum absolute atomic E-state index is 11.4. The Hall–Kier alpha value is -2.37. The molecule has 0 aliphatic rings. The Morgan fingerprint density at radius 3 is 2.75 bits per heavy atom. The van der Waals surface area contributed by atoms with Crippen molar-refractivity contribution in [1.29, 1.82) is 0 Å². The molecule has 0 aliphatic carbocycles. The van der Waals surface area contributed by atoms with Gasteiger partial charge in [0.05, 0.1) is 10.4 Å². The van der Waals surface area contributed by atoms with Crippen LogP contribution in [0.4, 0.5) is 5.69 Å². The van der Waals surface area contributed by atoms with Gasteiger partial charge in [0, 0.05) is 5.39 Å². The zero-order valence-corrected chi connectivity index (χ0v) is 8.35. The fourth-order valence-corrected chi connectivity index (χ4v) is 1.61. The molecule has 0 amide bonds. The van der Waals surface area contributed by atoms with Gasteiger partial charge >= 0.3 is 11.2 Å². The number of hydrogen-bond donors (Lipinski definition) is 2. The molecule has 1 heterocycles. The monoisotopic (exact) mass is 220 g/mol. The number of nitrogens with zero attached hydrogens (tertiary/aromatic N) is 1. The van der Waals surface area contributed by atoms with Crippen LogP contribution < -0.4 is 5.56 Å². The van der Waals surface area contributed by atoms with Gasteiger partial charge in [-0.25, -0.2) is 0 Å². The Balaban J connectivity index is 3.01. The highest BCUT2D eigenvalue weighted by Gasteiger charge is 2.22. The number of aromatic nitrogens is 1. The van der Waals surface area contributed by atoms with Crippen molar-refractivity contribution < 1.29 is 10.0 Å². The molecule has 0 radical (unpaired) electrons. The second-order valence-electron chi connectivity index (χ2n) is 3.41. The van der Waals surface area contributed by atoms with E-state index in [2.05, 4.69) is 4.98 Å². The molecule has 2 rings (SSSR count). The summed E-state index contributed by atoms with van der Waals surface area (Å²) >= 11 is 0. The zero-order chi connectivity index (χ0) is 11.9. The fourth-order valence-electron chi connectivity index (χ4n) is 1.61. The van der Waals surface area contributed by atoms with E-state index in [1.54, 1.807) is 19.1 Å². The average molecular weight is 220 g/mol. The van der Waals surface area contributed by atoms with E-state index in [4.69, 9.17) is 0 Å². The van der Waals surface area contributed by atoms with Crippen LogP contribution in [0.3, 0.4) is 0 Å². The molecular weight excluding hydrogens is 212 g/mol. The van der Waals surface area contributed by atoms with Crippen molar-refractivity contribution in [2.24, 2.45) is 0 Å². The zero-order valence-electron chi connectivity index (χ0n) is 8.35. The minimum atomic E-state index is -0.899. The number of aromatic amines is 1. The minimum Gasteiger partial charge on any atom is -0.501 e. The van der Waals surface area contributed by atoms with Crippen molar-refractivity contribution >= 4 is 16.6 Å². The van der Waals surface area contributed by atoms with E-state index >= 15 is 0 Å². The maximum atomic E-state index is 11.4. The van der Waals surface area contributed by atoms with Crippen LogP contribution >= 0.6 is 0 Å². The van der Waals surface area contributed by atoms with Crippen LogP contribution in [0.25, 0.3) is 10.9 Å². The number of pyridine rings is 1. The Labute approximate surface area is 89.3 Å². The Morgan fingerprint density at radius 1 is 1.44 bits per heavy atom. The quantitative estimate of drug-likeness (QED) is 0.561. The van der Waals surface area contributed by atoms with Gasteiger partial charge in [0.2, 0.25) is 5.75 Å². The molecule has 0 atom stereocenters. The molecule has 2 aromatic rings. The van der Waals surface area contributed by atoms with Gasteiger partial charge in [-0.3, -0.25) is 14.9 Å². The minimum absolute atomic E-state index is 0.270. The van der Waals surface area contributed by atoms with Crippen LogP contribution in [0.2, 0.25) is 0 Å². The lowest BCUT2D eigenvalue weighted by atomic mass is 10.1. The number of hydrogen-bond acceptors (Lipinski definition) is 4. The van der Waals surface area contributed by atoms with E-state index in [-0.39, 0.29) is 5.39 Å². The van der Waals surface area contributed by atoms with Gasteiger partial charge in [-0.15, -0.1) is 0 Å². The van der Waals surface area contributed by atoms with Gasteiger partial charge in [-0.2, -0.15) is 0 Å². The first-order valence-corrected chi connectivity index (χ1v) is 4.51. The van der Waals surface area contributed by atoms with Gasteiger partial charge in [0.1, 0.15) is 0 Å². The third-order valence-corrected chi connectivity index (χ3v) is 2.39. The van der Waals surface area contributed by atoms with Crippen molar-refractivity contribution in [2.75, 3.05) is 0 Å². The van der Waals surface area contributed by atoms with Crippen LogP contribution in [0.5, 0.6) is 5.75 Å². The highest BCUT2D eigenvalue weighted by Crippen LogP contribution is 2.30. The fraction of sp³-hybridized carbons (Fsp3) is 0.100. The first-order chi connectivity index (χ1) is 7.52. The molecule has 0 unspecified atom stereocenters. The second-order valence-corrected chi connectivity index (χ2v) is 3.41. The van der Waals surface area contributed by atoms with Crippen LogP contribution in [0, 0.1) is 17.0 Å². The molecule has 0 bridgehead atoms. The summed E-state index contributed by atoms with van der Waals surface area (Å²) in [6.07, 6.45) is 0. The van der Waals surface area contributed by atoms with Gasteiger partial charge in [0.15, 0.2) is 0 Å². The van der Waals surface area contributed by atoms with Crippen LogP contribution in [0.1, 0.15) is 5.56 Å². The van der Waals surface area contributed by atoms with Gasteiger partial charge in [-0.05, 0) is 18.6 Å². The predicted molar refractivity (Wildman–Crippen MR) is 57.6 cm³/mol. The largest absolute Gasteiger partial charge is 0.501 e. The Kier molecular flexibility index (Phi) is 2.12. The predicted octanol–water partition coefficient (Wildman–Crippen LogP) is 1.45. The van der Waals surface area contributed by atoms with E-state index in [1.807, 2.05) is 0 Å². The SMILES string of the molecule is Cc1cccc2c(O)c([N+](=O)[O-])c(=O)[nH]c12. The van der Waals surface area contributed by atoms with E-state index in [0.717, 1.165) is 5.56 Å².